The maximum atomic E-state index is 13.2. The van der Waals surface area contributed by atoms with Gasteiger partial charge in [0.05, 0.1) is 25.3 Å². The highest BCUT2D eigenvalue weighted by atomic mass is 16.5. The lowest BCUT2D eigenvalue weighted by molar-refractivity contribution is -0.142. The molecule has 6 heteroatoms. The third kappa shape index (κ3) is 3.70. The van der Waals surface area contributed by atoms with Gasteiger partial charge in [-0.15, -0.1) is 0 Å². The summed E-state index contributed by atoms with van der Waals surface area (Å²) in [7, 11) is 1.36. The molecule has 1 amide bonds. The number of hydrogen-bond acceptors (Lipinski definition) is 5. The number of hydrogen-bond donors (Lipinski definition) is 0. The first kappa shape index (κ1) is 18.7. The Balaban J connectivity index is 1.93. The summed E-state index contributed by atoms with van der Waals surface area (Å²) in [4.78, 5) is 27.0. The van der Waals surface area contributed by atoms with Gasteiger partial charge in [0.2, 0.25) is 5.91 Å². The average molecular weight is 361 g/mol. The fourth-order valence-corrected chi connectivity index (χ4v) is 3.85. The standard InChI is InChI=1S/C20H27NO5/c1-13(2)18-16-5-4-15(20(23)24-3)12-17(16)26-11-8-21(18)19(22)14-6-9-25-10-7-14/h4-5,12-14,18H,6-11H2,1-3H3/t18-/m1/s1. The van der Waals surface area contributed by atoms with Crippen LogP contribution in [-0.2, 0) is 14.3 Å². The quantitative estimate of drug-likeness (QED) is 0.775. The first-order valence-corrected chi connectivity index (χ1v) is 9.26. The second kappa shape index (κ2) is 8.08. The van der Waals surface area contributed by atoms with Gasteiger partial charge in [0, 0.05) is 24.7 Å². The number of methoxy groups -OCH3 is 1. The van der Waals surface area contributed by atoms with Crippen LogP contribution in [0.25, 0.3) is 0 Å². The molecule has 1 fully saturated rings. The third-order valence-electron chi connectivity index (χ3n) is 5.16. The molecule has 1 atom stereocenters. The molecule has 142 valence electrons. The van der Waals surface area contributed by atoms with Crippen molar-refractivity contribution in [1.82, 2.24) is 4.90 Å². The van der Waals surface area contributed by atoms with E-state index in [0.29, 0.717) is 37.7 Å². The zero-order valence-electron chi connectivity index (χ0n) is 15.7. The van der Waals surface area contributed by atoms with Crippen molar-refractivity contribution in [3.8, 4) is 5.75 Å². The first-order chi connectivity index (χ1) is 12.5. The molecule has 1 aromatic carbocycles. The van der Waals surface area contributed by atoms with Crippen LogP contribution in [0, 0.1) is 11.8 Å². The van der Waals surface area contributed by atoms with Gasteiger partial charge in [-0.3, -0.25) is 4.79 Å². The Hall–Kier alpha value is -2.08. The number of esters is 1. The number of nitrogens with zero attached hydrogens (tertiary/aromatic N) is 1. The highest BCUT2D eigenvalue weighted by Gasteiger charge is 2.36. The Bertz CT molecular complexity index is 666. The first-order valence-electron chi connectivity index (χ1n) is 9.26. The summed E-state index contributed by atoms with van der Waals surface area (Å²) in [5.41, 5.74) is 1.41. The Kier molecular flexibility index (Phi) is 5.81. The van der Waals surface area contributed by atoms with Crippen LogP contribution in [0.4, 0.5) is 0 Å². The van der Waals surface area contributed by atoms with Crippen LogP contribution in [0.1, 0.15) is 48.7 Å². The summed E-state index contributed by atoms with van der Waals surface area (Å²) in [6.45, 7) is 6.46. The molecule has 26 heavy (non-hydrogen) atoms. The molecule has 0 bridgehead atoms. The zero-order chi connectivity index (χ0) is 18.7. The number of amides is 1. The number of ether oxygens (including phenoxy) is 3. The molecule has 2 heterocycles. The maximum Gasteiger partial charge on any atom is 0.337 e. The lowest BCUT2D eigenvalue weighted by Crippen LogP contribution is -2.43. The maximum absolute atomic E-state index is 13.2. The number of benzene rings is 1. The van der Waals surface area contributed by atoms with E-state index in [4.69, 9.17) is 14.2 Å². The van der Waals surface area contributed by atoms with E-state index in [-0.39, 0.29) is 23.8 Å². The van der Waals surface area contributed by atoms with E-state index in [0.717, 1.165) is 18.4 Å². The van der Waals surface area contributed by atoms with Crippen molar-refractivity contribution in [2.75, 3.05) is 33.5 Å². The lowest BCUT2D eigenvalue weighted by atomic mass is 9.90. The summed E-state index contributed by atoms with van der Waals surface area (Å²) >= 11 is 0. The molecule has 2 aliphatic heterocycles. The van der Waals surface area contributed by atoms with Crippen LogP contribution in [0.3, 0.4) is 0 Å². The van der Waals surface area contributed by atoms with Crippen molar-refractivity contribution in [1.29, 1.82) is 0 Å². The minimum atomic E-state index is -0.392. The van der Waals surface area contributed by atoms with Crippen LogP contribution in [-0.4, -0.2) is 50.3 Å². The molecule has 0 radical (unpaired) electrons. The number of fused-ring (bicyclic) bond motifs is 1. The Morgan fingerprint density at radius 2 is 1.92 bits per heavy atom. The minimum absolute atomic E-state index is 0.0147. The lowest BCUT2D eigenvalue weighted by Gasteiger charge is -2.36. The summed E-state index contributed by atoms with van der Waals surface area (Å²) in [6.07, 6.45) is 1.55. The minimum Gasteiger partial charge on any atom is -0.491 e. The largest absolute Gasteiger partial charge is 0.491 e. The van der Waals surface area contributed by atoms with E-state index in [1.165, 1.54) is 7.11 Å². The molecular formula is C20H27NO5. The van der Waals surface area contributed by atoms with Crippen LogP contribution in [0.15, 0.2) is 18.2 Å². The summed E-state index contributed by atoms with van der Waals surface area (Å²) in [6, 6.07) is 5.28. The highest BCUT2D eigenvalue weighted by molar-refractivity contribution is 5.90. The van der Waals surface area contributed by atoms with Gasteiger partial charge in [-0.1, -0.05) is 19.9 Å². The number of rotatable bonds is 3. The van der Waals surface area contributed by atoms with Crippen molar-refractivity contribution in [2.45, 2.75) is 32.7 Å². The van der Waals surface area contributed by atoms with Gasteiger partial charge in [0.15, 0.2) is 0 Å². The fraction of sp³-hybridized carbons (Fsp3) is 0.600. The Morgan fingerprint density at radius 1 is 1.19 bits per heavy atom. The molecule has 6 nitrogen and oxygen atoms in total. The molecule has 0 aromatic heterocycles. The van der Waals surface area contributed by atoms with Crippen molar-refractivity contribution in [3.63, 3.8) is 0 Å². The topological polar surface area (TPSA) is 65.1 Å². The monoisotopic (exact) mass is 361 g/mol. The van der Waals surface area contributed by atoms with E-state index in [1.54, 1.807) is 12.1 Å². The van der Waals surface area contributed by atoms with Gasteiger partial charge in [0.25, 0.3) is 0 Å². The molecule has 1 aromatic rings. The van der Waals surface area contributed by atoms with Crippen molar-refractivity contribution in [3.05, 3.63) is 29.3 Å². The molecule has 3 rings (SSSR count). The average Bonchev–Trinajstić information content (AvgIpc) is 2.86. The van der Waals surface area contributed by atoms with E-state index in [1.807, 2.05) is 11.0 Å². The highest BCUT2D eigenvalue weighted by Crippen LogP contribution is 2.38. The molecule has 0 N–H and O–H groups in total. The van der Waals surface area contributed by atoms with Crippen LogP contribution < -0.4 is 4.74 Å². The number of carbonyl (C=O) groups excluding carboxylic acids is 2. The molecular weight excluding hydrogens is 334 g/mol. The summed E-state index contributed by atoms with van der Waals surface area (Å²) in [5.74, 6) is 0.690. The van der Waals surface area contributed by atoms with Gasteiger partial charge in [-0.05, 0) is 30.9 Å². The second-order valence-electron chi connectivity index (χ2n) is 7.20. The van der Waals surface area contributed by atoms with E-state index in [9.17, 15) is 9.59 Å². The van der Waals surface area contributed by atoms with Crippen molar-refractivity contribution in [2.24, 2.45) is 11.8 Å². The van der Waals surface area contributed by atoms with Crippen molar-refractivity contribution >= 4 is 11.9 Å². The van der Waals surface area contributed by atoms with E-state index < -0.39 is 5.97 Å². The second-order valence-corrected chi connectivity index (χ2v) is 7.20. The van der Waals surface area contributed by atoms with Crippen molar-refractivity contribution < 1.29 is 23.8 Å². The normalized spacial score (nSPS) is 20.9. The van der Waals surface area contributed by atoms with Gasteiger partial charge in [-0.25, -0.2) is 4.79 Å². The molecule has 0 spiro atoms. The van der Waals surface area contributed by atoms with E-state index in [2.05, 4.69) is 13.8 Å². The molecule has 2 aliphatic rings. The van der Waals surface area contributed by atoms with E-state index >= 15 is 0 Å². The van der Waals surface area contributed by atoms with Crippen LogP contribution >= 0.6 is 0 Å². The number of carbonyl (C=O) groups is 2. The predicted octanol–water partition coefficient (Wildman–Crippen LogP) is 2.82. The fourth-order valence-electron chi connectivity index (χ4n) is 3.85. The van der Waals surface area contributed by atoms with Gasteiger partial charge >= 0.3 is 5.97 Å². The summed E-state index contributed by atoms with van der Waals surface area (Å²) in [5, 5.41) is 0. The Labute approximate surface area is 154 Å². The molecule has 0 unspecified atom stereocenters. The smallest absolute Gasteiger partial charge is 0.337 e. The van der Waals surface area contributed by atoms with Gasteiger partial charge < -0.3 is 19.1 Å². The zero-order valence-corrected chi connectivity index (χ0v) is 15.7. The van der Waals surface area contributed by atoms with Gasteiger partial charge in [0.1, 0.15) is 12.4 Å². The predicted molar refractivity (Wildman–Crippen MR) is 96.1 cm³/mol. The molecule has 1 saturated heterocycles. The SMILES string of the molecule is COC(=O)c1ccc2c(c1)OCCN(C(=O)C1CCOCC1)[C@@H]2C(C)C. The molecule has 0 aliphatic carbocycles. The van der Waals surface area contributed by atoms with Crippen LogP contribution in [0.2, 0.25) is 0 Å². The Morgan fingerprint density at radius 3 is 2.58 bits per heavy atom. The molecule has 0 saturated carbocycles. The summed E-state index contributed by atoms with van der Waals surface area (Å²) < 4.78 is 16.1. The third-order valence-corrected chi connectivity index (χ3v) is 5.16. The van der Waals surface area contributed by atoms with Gasteiger partial charge in [-0.2, -0.15) is 0 Å². The van der Waals surface area contributed by atoms with Crippen LogP contribution in [0.5, 0.6) is 5.75 Å².